The summed E-state index contributed by atoms with van der Waals surface area (Å²) in [5, 5.41) is 5.42. The van der Waals surface area contributed by atoms with Crippen LogP contribution in [0.1, 0.15) is 35.1 Å². The van der Waals surface area contributed by atoms with Crippen LogP contribution in [0.4, 0.5) is 32.3 Å². The van der Waals surface area contributed by atoms with Crippen LogP contribution in [0.3, 0.4) is 0 Å². The van der Waals surface area contributed by atoms with Crippen molar-refractivity contribution < 1.29 is 23.9 Å². The maximum Gasteiger partial charge on any atom is 0.411 e. The number of carbonyl (C=O) groups is 2. The predicted octanol–water partition coefficient (Wildman–Crippen LogP) is 7.90. The maximum absolute atomic E-state index is 12.1. The van der Waals surface area contributed by atoms with E-state index >= 15 is 0 Å². The number of isocyanates is 1. The van der Waals surface area contributed by atoms with Crippen LogP contribution in [-0.4, -0.2) is 37.3 Å². The van der Waals surface area contributed by atoms with Gasteiger partial charge in [-0.05, 0) is 109 Å². The summed E-state index contributed by atoms with van der Waals surface area (Å²) in [6, 6.07) is 30.2. The van der Waals surface area contributed by atoms with Crippen molar-refractivity contribution in [1.82, 2.24) is 0 Å². The quantitative estimate of drug-likeness (QED) is 0.0935. The number of rotatable bonds is 13. The molecule has 0 saturated carbocycles. The normalized spacial score (nSPS) is 10.1. The molecule has 2 N–H and O–H groups in total. The van der Waals surface area contributed by atoms with Crippen LogP contribution in [0.25, 0.3) is 0 Å². The molecule has 9 nitrogen and oxygen atoms in total. The second-order valence-electron chi connectivity index (χ2n) is 9.78. The first kappa shape index (κ1) is 31.2. The molecule has 4 aromatic carbocycles. The topological polar surface area (TPSA) is 118 Å². The van der Waals surface area contributed by atoms with Crippen molar-refractivity contribution in [2.45, 2.75) is 25.7 Å². The number of aliphatic imine (C=N–C) groups is 2. The molecule has 44 heavy (non-hydrogen) atoms. The molecular weight excluding hydrogens is 556 g/mol. The fourth-order valence-electron chi connectivity index (χ4n) is 4.25. The first-order chi connectivity index (χ1) is 21.5. The number of carbonyl (C=O) groups excluding carboxylic acids is 3. The molecular formula is C35H32N4O5. The Labute approximate surface area is 256 Å². The lowest BCUT2D eigenvalue weighted by molar-refractivity contribution is 0.143. The van der Waals surface area contributed by atoms with Crippen molar-refractivity contribution >= 4 is 46.9 Å². The van der Waals surface area contributed by atoms with Gasteiger partial charge in [-0.15, -0.1) is 0 Å². The Morgan fingerprint density at radius 3 is 1.32 bits per heavy atom. The smallest absolute Gasteiger partial charge is 0.411 e. The Hall–Kier alpha value is -5.75. The van der Waals surface area contributed by atoms with Gasteiger partial charge in [0, 0.05) is 11.4 Å². The lowest BCUT2D eigenvalue weighted by atomic mass is 10.0. The third kappa shape index (κ3) is 10.6. The van der Waals surface area contributed by atoms with E-state index in [0.717, 1.165) is 34.4 Å². The fraction of sp³-hybridized carbons (Fsp3) is 0.171. The summed E-state index contributed by atoms with van der Waals surface area (Å²) in [6.07, 6.45) is 2.99. The number of ether oxygens (including phenoxy) is 2. The van der Waals surface area contributed by atoms with Gasteiger partial charge in [0.15, 0.2) is 0 Å². The number of anilines is 2. The van der Waals surface area contributed by atoms with E-state index in [1.165, 1.54) is 6.08 Å². The average molecular weight is 589 g/mol. The first-order valence-electron chi connectivity index (χ1n) is 14.0. The molecule has 0 fully saturated rings. The number of nitrogens with zero attached hydrogens (tertiary/aromatic N) is 2. The average Bonchev–Trinajstić information content (AvgIpc) is 3.03. The van der Waals surface area contributed by atoms with Crippen LogP contribution in [0.5, 0.6) is 0 Å². The molecule has 4 rings (SSSR count). The minimum atomic E-state index is -0.551. The fourth-order valence-corrected chi connectivity index (χ4v) is 4.25. The van der Waals surface area contributed by atoms with E-state index < -0.39 is 12.2 Å². The molecule has 0 atom stereocenters. The lowest BCUT2D eigenvalue weighted by Gasteiger charge is -2.09. The summed E-state index contributed by atoms with van der Waals surface area (Å²) < 4.78 is 10.5. The van der Waals surface area contributed by atoms with Gasteiger partial charge >= 0.3 is 12.2 Å². The molecule has 0 spiro atoms. The summed E-state index contributed by atoms with van der Waals surface area (Å²) >= 11 is 0. The second-order valence-corrected chi connectivity index (χ2v) is 9.78. The summed E-state index contributed by atoms with van der Waals surface area (Å²) in [7, 11) is 0. The minimum Gasteiger partial charge on any atom is -0.449 e. The van der Waals surface area contributed by atoms with Crippen molar-refractivity contribution in [2.24, 2.45) is 9.98 Å². The van der Waals surface area contributed by atoms with Crippen molar-refractivity contribution in [3.63, 3.8) is 0 Å². The van der Waals surface area contributed by atoms with Crippen LogP contribution in [-0.2, 0) is 27.1 Å². The van der Waals surface area contributed by atoms with Gasteiger partial charge in [0.05, 0.1) is 24.6 Å². The Balaban J connectivity index is 1.07. The zero-order valence-corrected chi connectivity index (χ0v) is 24.1. The molecule has 0 unspecified atom stereocenters. The van der Waals surface area contributed by atoms with E-state index in [0.29, 0.717) is 36.3 Å². The third-order valence-electron chi connectivity index (χ3n) is 6.48. The molecule has 9 heteroatoms. The molecule has 4 aromatic rings. The van der Waals surface area contributed by atoms with Crippen molar-refractivity contribution in [3.8, 4) is 0 Å². The molecule has 0 aliphatic rings. The summed E-state index contributed by atoms with van der Waals surface area (Å²) in [6.45, 7) is 3.88. The van der Waals surface area contributed by atoms with Gasteiger partial charge in [0.2, 0.25) is 6.08 Å². The van der Waals surface area contributed by atoms with E-state index in [9.17, 15) is 14.4 Å². The molecule has 0 aromatic heterocycles. The Kier molecular flexibility index (Phi) is 11.8. The van der Waals surface area contributed by atoms with Crippen LogP contribution in [0.15, 0.2) is 114 Å². The molecule has 0 heterocycles. The van der Waals surface area contributed by atoms with Crippen LogP contribution in [0.2, 0.25) is 0 Å². The highest BCUT2D eigenvalue weighted by molar-refractivity contribution is 5.85. The summed E-state index contributed by atoms with van der Waals surface area (Å²) in [4.78, 5) is 42.2. The van der Waals surface area contributed by atoms with Gasteiger partial charge < -0.3 is 9.47 Å². The van der Waals surface area contributed by atoms with E-state index in [1.807, 2.05) is 72.8 Å². The lowest BCUT2D eigenvalue weighted by Crippen LogP contribution is -2.16. The predicted molar refractivity (Wildman–Crippen MR) is 171 cm³/mol. The third-order valence-corrected chi connectivity index (χ3v) is 6.48. The van der Waals surface area contributed by atoms with Crippen molar-refractivity contribution in [2.75, 3.05) is 23.8 Å². The number of unbranched alkanes of at least 4 members (excludes halogenated alkanes) is 1. The monoisotopic (exact) mass is 588 g/mol. The van der Waals surface area contributed by atoms with Gasteiger partial charge in [0.1, 0.15) is 0 Å². The zero-order chi connectivity index (χ0) is 31.0. The van der Waals surface area contributed by atoms with Crippen molar-refractivity contribution in [1.29, 1.82) is 0 Å². The van der Waals surface area contributed by atoms with Gasteiger partial charge in [0.25, 0.3) is 0 Å². The second kappa shape index (κ2) is 16.6. The summed E-state index contributed by atoms with van der Waals surface area (Å²) in [5.74, 6) is 2.52. The highest BCUT2D eigenvalue weighted by atomic mass is 16.6. The Bertz CT molecular complexity index is 1500. The Morgan fingerprint density at radius 1 is 0.591 bits per heavy atom. The number of hydrogen-bond donors (Lipinski definition) is 2. The number of nitrogens with one attached hydrogen (secondary N) is 2. The van der Waals surface area contributed by atoms with E-state index in [-0.39, 0.29) is 13.2 Å². The summed E-state index contributed by atoms with van der Waals surface area (Å²) in [5.41, 5.74) is 7.02. The molecule has 0 radical (unpaired) electrons. The van der Waals surface area contributed by atoms with Gasteiger partial charge in [-0.3, -0.25) is 10.6 Å². The van der Waals surface area contributed by atoms with Gasteiger partial charge in [-0.2, -0.15) is 4.99 Å². The standard InChI is InChI=1S/C35H32N4O5/c1-2-36-30-13-5-26(6-14-30)23-28-9-17-32(18-10-28)38-34(41)43-21-3-4-22-44-35(42)39-33-19-11-29(12-20-33)24-27-7-15-31(16-8-27)37-25-40/h5-20H,1,3-4,21-24H2,(H,38,41)(H,39,42). The van der Waals surface area contributed by atoms with Gasteiger partial charge in [-0.1, -0.05) is 48.5 Å². The highest BCUT2D eigenvalue weighted by Gasteiger charge is 2.06. The zero-order valence-electron chi connectivity index (χ0n) is 24.1. The number of hydrogen-bond acceptors (Lipinski definition) is 7. The SMILES string of the molecule is C=C=Nc1ccc(Cc2ccc(NC(=O)OCCCCOC(=O)Nc3ccc(Cc4ccc(N=C=O)cc4)cc3)cc2)cc1. The maximum atomic E-state index is 12.1. The highest BCUT2D eigenvalue weighted by Crippen LogP contribution is 2.19. The molecule has 222 valence electrons. The molecule has 0 bridgehead atoms. The molecule has 2 amide bonds. The van der Waals surface area contributed by atoms with Crippen LogP contribution < -0.4 is 10.6 Å². The van der Waals surface area contributed by atoms with Crippen LogP contribution >= 0.6 is 0 Å². The number of amides is 2. The van der Waals surface area contributed by atoms with E-state index in [2.05, 4.69) is 33.1 Å². The van der Waals surface area contributed by atoms with E-state index in [4.69, 9.17) is 9.47 Å². The van der Waals surface area contributed by atoms with E-state index in [1.54, 1.807) is 24.3 Å². The molecule has 0 aliphatic heterocycles. The van der Waals surface area contributed by atoms with Crippen LogP contribution in [0, 0.1) is 0 Å². The van der Waals surface area contributed by atoms with Gasteiger partial charge in [-0.25, -0.2) is 19.4 Å². The first-order valence-corrected chi connectivity index (χ1v) is 14.0. The minimum absolute atomic E-state index is 0.199. The number of benzene rings is 4. The molecule has 0 aliphatic carbocycles. The largest absolute Gasteiger partial charge is 0.449 e. The Morgan fingerprint density at radius 2 is 0.955 bits per heavy atom. The molecule has 0 saturated heterocycles. The van der Waals surface area contributed by atoms with Crippen molar-refractivity contribution in [3.05, 3.63) is 126 Å².